The molecule has 0 aliphatic carbocycles. The SMILES string of the molecule is CC(C)Oc1ccc(NCCCn2ccnc2)cc1. The third-order valence-corrected chi connectivity index (χ3v) is 2.71. The van der Waals surface area contributed by atoms with Gasteiger partial charge in [0.2, 0.25) is 0 Å². The van der Waals surface area contributed by atoms with Gasteiger partial charge in [0.05, 0.1) is 12.4 Å². The second-order valence-electron chi connectivity index (χ2n) is 4.77. The number of ether oxygens (including phenoxy) is 1. The summed E-state index contributed by atoms with van der Waals surface area (Å²) in [5.41, 5.74) is 1.13. The number of hydrogen-bond donors (Lipinski definition) is 1. The summed E-state index contributed by atoms with van der Waals surface area (Å²) in [6.45, 7) is 5.99. The molecule has 0 aliphatic heterocycles. The predicted octanol–water partition coefficient (Wildman–Crippen LogP) is 3.17. The van der Waals surface area contributed by atoms with Gasteiger partial charge in [0.1, 0.15) is 5.75 Å². The molecule has 0 atom stereocenters. The molecule has 0 aliphatic rings. The Kier molecular flexibility index (Phi) is 4.84. The summed E-state index contributed by atoms with van der Waals surface area (Å²) in [5.74, 6) is 0.916. The van der Waals surface area contributed by atoms with Gasteiger partial charge in [0, 0.05) is 31.2 Å². The monoisotopic (exact) mass is 259 g/mol. The highest BCUT2D eigenvalue weighted by molar-refractivity contribution is 5.46. The number of aryl methyl sites for hydroxylation is 1. The molecule has 1 aromatic carbocycles. The van der Waals surface area contributed by atoms with E-state index in [9.17, 15) is 0 Å². The van der Waals surface area contributed by atoms with Crippen molar-refractivity contribution in [3.63, 3.8) is 0 Å². The van der Waals surface area contributed by atoms with Crippen molar-refractivity contribution < 1.29 is 4.74 Å². The van der Waals surface area contributed by atoms with Crippen LogP contribution in [0.3, 0.4) is 0 Å². The molecule has 0 radical (unpaired) electrons. The van der Waals surface area contributed by atoms with Crippen molar-refractivity contribution >= 4 is 5.69 Å². The fourth-order valence-corrected chi connectivity index (χ4v) is 1.84. The molecule has 2 aromatic rings. The molecule has 102 valence electrons. The maximum atomic E-state index is 5.61. The molecule has 0 spiro atoms. The molecule has 0 amide bonds. The number of nitrogens with one attached hydrogen (secondary N) is 1. The van der Waals surface area contributed by atoms with Gasteiger partial charge in [0.15, 0.2) is 0 Å². The molecule has 1 heterocycles. The summed E-state index contributed by atoms with van der Waals surface area (Å²) in [6, 6.07) is 8.10. The zero-order valence-corrected chi connectivity index (χ0v) is 11.5. The van der Waals surface area contributed by atoms with Crippen LogP contribution in [0, 0.1) is 0 Å². The maximum absolute atomic E-state index is 5.61. The Morgan fingerprint density at radius 2 is 2.05 bits per heavy atom. The molecule has 0 bridgehead atoms. The zero-order chi connectivity index (χ0) is 13.5. The van der Waals surface area contributed by atoms with Gasteiger partial charge in [0.25, 0.3) is 0 Å². The Morgan fingerprint density at radius 1 is 1.26 bits per heavy atom. The second-order valence-corrected chi connectivity index (χ2v) is 4.77. The van der Waals surface area contributed by atoms with Crippen LogP contribution in [0.15, 0.2) is 43.0 Å². The molecule has 0 fully saturated rings. The van der Waals surface area contributed by atoms with Crippen molar-refractivity contribution in [3.8, 4) is 5.75 Å². The van der Waals surface area contributed by atoms with Crippen LogP contribution in [0.1, 0.15) is 20.3 Å². The van der Waals surface area contributed by atoms with E-state index >= 15 is 0 Å². The van der Waals surface area contributed by atoms with Crippen LogP contribution in [0.4, 0.5) is 5.69 Å². The summed E-state index contributed by atoms with van der Waals surface area (Å²) in [4.78, 5) is 4.02. The molecule has 1 N–H and O–H groups in total. The van der Waals surface area contributed by atoms with E-state index in [1.807, 2.05) is 38.5 Å². The Morgan fingerprint density at radius 3 is 2.68 bits per heavy atom. The van der Waals surface area contributed by atoms with Gasteiger partial charge in [-0.05, 0) is 44.5 Å². The van der Waals surface area contributed by atoms with Crippen molar-refractivity contribution in [1.29, 1.82) is 0 Å². The Labute approximate surface area is 114 Å². The lowest BCUT2D eigenvalue weighted by atomic mass is 10.3. The van der Waals surface area contributed by atoms with Gasteiger partial charge in [-0.1, -0.05) is 0 Å². The summed E-state index contributed by atoms with van der Waals surface area (Å²) < 4.78 is 7.69. The van der Waals surface area contributed by atoms with Crippen LogP contribution in [-0.4, -0.2) is 22.2 Å². The number of nitrogens with zero attached hydrogens (tertiary/aromatic N) is 2. The maximum Gasteiger partial charge on any atom is 0.119 e. The fourth-order valence-electron chi connectivity index (χ4n) is 1.84. The molecule has 4 nitrogen and oxygen atoms in total. The van der Waals surface area contributed by atoms with Gasteiger partial charge in [-0.2, -0.15) is 0 Å². The highest BCUT2D eigenvalue weighted by atomic mass is 16.5. The number of imidazole rings is 1. The average Bonchev–Trinajstić information content (AvgIpc) is 2.89. The first-order chi connectivity index (χ1) is 9.24. The van der Waals surface area contributed by atoms with Crippen molar-refractivity contribution in [2.24, 2.45) is 0 Å². The van der Waals surface area contributed by atoms with E-state index in [0.717, 1.165) is 30.9 Å². The molecule has 0 saturated carbocycles. The average molecular weight is 259 g/mol. The number of rotatable bonds is 7. The highest BCUT2D eigenvalue weighted by Crippen LogP contribution is 2.16. The topological polar surface area (TPSA) is 39.1 Å². The van der Waals surface area contributed by atoms with Gasteiger partial charge in [-0.25, -0.2) is 4.98 Å². The van der Waals surface area contributed by atoms with Gasteiger partial charge in [-0.15, -0.1) is 0 Å². The van der Waals surface area contributed by atoms with Gasteiger partial charge in [-0.3, -0.25) is 0 Å². The smallest absolute Gasteiger partial charge is 0.119 e. The number of anilines is 1. The molecule has 19 heavy (non-hydrogen) atoms. The van der Waals surface area contributed by atoms with Crippen LogP contribution in [0.2, 0.25) is 0 Å². The molecule has 0 unspecified atom stereocenters. The molecular weight excluding hydrogens is 238 g/mol. The minimum absolute atomic E-state index is 0.217. The molecule has 1 aromatic heterocycles. The number of benzene rings is 1. The van der Waals surface area contributed by atoms with E-state index in [-0.39, 0.29) is 6.10 Å². The summed E-state index contributed by atoms with van der Waals surface area (Å²) >= 11 is 0. The van der Waals surface area contributed by atoms with Crippen LogP contribution in [0.25, 0.3) is 0 Å². The fraction of sp³-hybridized carbons (Fsp3) is 0.400. The van der Waals surface area contributed by atoms with E-state index in [1.54, 1.807) is 6.20 Å². The number of hydrogen-bond acceptors (Lipinski definition) is 3. The van der Waals surface area contributed by atoms with Crippen LogP contribution >= 0.6 is 0 Å². The Hall–Kier alpha value is -1.97. The first kappa shape index (κ1) is 13.5. The van der Waals surface area contributed by atoms with Crippen molar-refractivity contribution in [2.45, 2.75) is 32.9 Å². The van der Waals surface area contributed by atoms with E-state index in [0.29, 0.717) is 0 Å². The quantitative estimate of drug-likeness (QED) is 0.776. The molecular formula is C15H21N3O. The second kappa shape index (κ2) is 6.83. The number of aromatic nitrogens is 2. The van der Waals surface area contributed by atoms with E-state index < -0.39 is 0 Å². The summed E-state index contributed by atoms with van der Waals surface area (Å²) in [5, 5.41) is 3.40. The normalized spacial score (nSPS) is 10.7. The highest BCUT2D eigenvalue weighted by Gasteiger charge is 1.98. The first-order valence-corrected chi connectivity index (χ1v) is 6.70. The Balaban J connectivity index is 1.71. The lowest BCUT2D eigenvalue weighted by Gasteiger charge is -2.11. The molecule has 0 saturated heterocycles. The van der Waals surface area contributed by atoms with Gasteiger partial charge >= 0.3 is 0 Å². The lowest BCUT2D eigenvalue weighted by molar-refractivity contribution is 0.242. The largest absolute Gasteiger partial charge is 0.491 e. The van der Waals surface area contributed by atoms with Crippen molar-refractivity contribution in [2.75, 3.05) is 11.9 Å². The van der Waals surface area contributed by atoms with Crippen molar-refractivity contribution in [3.05, 3.63) is 43.0 Å². The first-order valence-electron chi connectivity index (χ1n) is 6.70. The Bertz CT molecular complexity index is 463. The van der Waals surface area contributed by atoms with E-state index in [1.165, 1.54) is 0 Å². The third kappa shape index (κ3) is 4.66. The van der Waals surface area contributed by atoms with Crippen LogP contribution in [-0.2, 0) is 6.54 Å². The van der Waals surface area contributed by atoms with E-state index in [2.05, 4.69) is 27.0 Å². The lowest BCUT2D eigenvalue weighted by Crippen LogP contribution is -2.07. The van der Waals surface area contributed by atoms with Crippen LogP contribution < -0.4 is 10.1 Å². The molecule has 4 heteroatoms. The standard InChI is InChI=1S/C15H21N3O/c1-13(2)19-15-6-4-14(5-7-15)17-8-3-10-18-11-9-16-12-18/h4-7,9,11-13,17H,3,8,10H2,1-2H3. The van der Waals surface area contributed by atoms with Crippen molar-refractivity contribution in [1.82, 2.24) is 9.55 Å². The third-order valence-electron chi connectivity index (χ3n) is 2.71. The van der Waals surface area contributed by atoms with Crippen LogP contribution in [0.5, 0.6) is 5.75 Å². The predicted molar refractivity (Wildman–Crippen MR) is 77.5 cm³/mol. The van der Waals surface area contributed by atoms with E-state index in [4.69, 9.17) is 4.74 Å². The molecule has 2 rings (SSSR count). The van der Waals surface area contributed by atoms with Gasteiger partial charge < -0.3 is 14.6 Å². The minimum atomic E-state index is 0.217. The zero-order valence-electron chi connectivity index (χ0n) is 11.5. The minimum Gasteiger partial charge on any atom is -0.491 e. The summed E-state index contributed by atoms with van der Waals surface area (Å²) in [7, 11) is 0. The summed E-state index contributed by atoms with van der Waals surface area (Å²) in [6.07, 6.45) is 6.92.